The van der Waals surface area contributed by atoms with Crippen molar-refractivity contribution in [3.05, 3.63) is 150 Å². The zero-order valence-electron chi connectivity index (χ0n) is 26.3. The van der Waals surface area contributed by atoms with Gasteiger partial charge in [-0.1, -0.05) is 92.7 Å². The molecule has 5 aromatic carbocycles. The Morgan fingerprint density at radius 3 is 2.40 bits per heavy atom. The van der Waals surface area contributed by atoms with Crippen molar-refractivity contribution in [2.24, 2.45) is 7.05 Å². The zero-order valence-corrected chi connectivity index (χ0v) is 27.1. The molecule has 4 heterocycles. The number of benzene rings is 5. The smallest absolute Gasteiger partial charge is 0.150 e. The van der Waals surface area contributed by atoms with E-state index in [-0.39, 0.29) is 5.41 Å². The molecule has 0 fully saturated rings. The number of rotatable bonds is 4. The van der Waals surface area contributed by atoms with E-state index >= 15 is 4.39 Å². The van der Waals surface area contributed by atoms with Gasteiger partial charge in [-0.15, -0.1) is 11.3 Å². The van der Waals surface area contributed by atoms with Gasteiger partial charge in [0.1, 0.15) is 11.6 Å². The SMILES string of the molecule is Cn1c(-c2cccc(C(F)c3cccc(N4c5ncccc5C(C)(C)c5ccc6c(sc7ccccc76)c54)c3)c2)nc2ccccc21. The molecule has 1 aliphatic rings. The number of thiophene rings is 1. The number of aryl methyl sites for hydroxylation is 1. The zero-order chi connectivity index (χ0) is 31.9. The second kappa shape index (κ2) is 10.3. The molecule has 4 nitrogen and oxygen atoms in total. The predicted octanol–water partition coefficient (Wildman–Crippen LogP) is 11.2. The number of halogens is 1. The quantitative estimate of drug-likeness (QED) is 0.194. The van der Waals surface area contributed by atoms with Gasteiger partial charge < -0.3 is 4.57 Å². The Labute approximate surface area is 276 Å². The van der Waals surface area contributed by atoms with Crippen LogP contribution in [-0.4, -0.2) is 14.5 Å². The average molecular weight is 631 g/mol. The molecule has 8 aromatic rings. The van der Waals surface area contributed by atoms with Crippen molar-refractivity contribution in [3.8, 4) is 11.4 Å². The van der Waals surface area contributed by atoms with Crippen LogP contribution in [0.25, 0.3) is 42.6 Å². The van der Waals surface area contributed by atoms with Gasteiger partial charge in [0.25, 0.3) is 0 Å². The first-order chi connectivity index (χ1) is 22.9. The molecule has 0 aliphatic carbocycles. The first kappa shape index (κ1) is 27.9. The van der Waals surface area contributed by atoms with Crippen LogP contribution >= 0.6 is 11.3 Å². The number of para-hydroxylation sites is 2. The number of nitrogens with zero attached hydrogens (tertiary/aromatic N) is 4. The highest BCUT2D eigenvalue weighted by Crippen LogP contribution is 2.55. The minimum atomic E-state index is -1.33. The molecule has 9 rings (SSSR count). The van der Waals surface area contributed by atoms with Crippen LogP contribution in [0.3, 0.4) is 0 Å². The van der Waals surface area contributed by atoms with E-state index in [1.807, 2.05) is 91.3 Å². The summed E-state index contributed by atoms with van der Waals surface area (Å²) in [7, 11) is 2.00. The van der Waals surface area contributed by atoms with Crippen LogP contribution < -0.4 is 4.90 Å². The molecule has 1 aliphatic heterocycles. The van der Waals surface area contributed by atoms with E-state index in [1.54, 1.807) is 0 Å². The highest BCUT2D eigenvalue weighted by Gasteiger charge is 2.39. The average Bonchev–Trinajstić information content (AvgIpc) is 3.66. The Morgan fingerprint density at radius 2 is 1.53 bits per heavy atom. The van der Waals surface area contributed by atoms with E-state index in [2.05, 4.69) is 77.9 Å². The summed E-state index contributed by atoms with van der Waals surface area (Å²) in [5.41, 5.74) is 8.16. The lowest BCUT2D eigenvalue weighted by Gasteiger charge is -2.41. The van der Waals surface area contributed by atoms with Crippen molar-refractivity contribution < 1.29 is 4.39 Å². The maximum absolute atomic E-state index is 16.7. The summed E-state index contributed by atoms with van der Waals surface area (Å²) in [6.45, 7) is 4.54. The number of hydrogen-bond donors (Lipinski definition) is 0. The van der Waals surface area contributed by atoms with Crippen LogP contribution in [0.5, 0.6) is 0 Å². The fraction of sp³-hybridized carbons (Fsp3) is 0.122. The summed E-state index contributed by atoms with van der Waals surface area (Å²) in [5, 5.41) is 2.47. The number of hydrogen-bond acceptors (Lipinski definition) is 4. The topological polar surface area (TPSA) is 34.0 Å². The Balaban J connectivity index is 1.19. The standard InChI is InChI=1S/C41H31FN4S/c1-41(2)31-21-20-30-29-15-4-7-19-35(29)47-38(30)37(31)46(40-32(41)16-10-22-43-40)28-14-9-12-26(24-28)36(42)25-11-8-13-27(23-25)39-44-33-17-5-6-18-34(33)45(39)3/h4-24,36H,1-3H3. The number of aromatic nitrogens is 3. The Hall–Kier alpha value is -5.33. The van der Waals surface area contributed by atoms with E-state index in [4.69, 9.17) is 9.97 Å². The Bertz CT molecular complexity index is 2510. The van der Waals surface area contributed by atoms with Crippen molar-refractivity contribution in [1.29, 1.82) is 0 Å². The van der Waals surface area contributed by atoms with E-state index in [0.717, 1.165) is 45.2 Å². The molecule has 1 atom stereocenters. The van der Waals surface area contributed by atoms with Crippen molar-refractivity contribution in [2.75, 3.05) is 4.90 Å². The van der Waals surface area contributed by atoms with E-state index in [9.17, 15) is 0 Å². The first-order valence-electron chi connectivity index (χ1n) is 15.9. The minimum absolute atomic E-state index is 0.268. The molecule has 0 spiro atoms. The molecule has 47 heavy (non-hydrogen) atoms. The van der Waals surface area contributed by atoms with Gasteiger partial charge in [-0.05, 0) is 59.2 Å². The maximum Gasteiger partial charge on any atom is 0.150 e. The van der Waals surface area contributed by atoms with Crippen LogP contribution in [0.4, 0.5) is 21.6 Å². The molecule has 228 valence electrons. The monoisotopic (exact) mass is 630 g/mol. The second-order valence-corrected chi connectivity index (χ2v) is 13.9. The van der Waals surface area contributed by atoms with Crippen LogP contribution in [0.1, 0.15) is 42.3 Å². The number of anilines is 3. The van der Waals surface area contributed by atoms with Crippen molar-refractivity contribution in [3.63, 3.8) is 0 Å². The molecule has 0 N–H and O–H groups in total. The summed E-state index contributed by atoms with van der Waals surface area (Å²) < 4.78 is 21.2. The van der Waals surface area contributed by atoms with Gasteiger partial charge in [0.2, 0.25) is 0 Å². The Morgan fingerprint density at radius 1 is 0.745 bits per heavy atom. The van der Waals surface area contributed by atoms with Crippen LogP contribution in [-0.2, 0) is 12.5 Å². The third-order valence-electron chi connectivity index (χ3n) is 9.74. The molecule has 6 heteroatoms. The minimum Gasteiger partial charge on any atom is -0.327 e. The highest BCUT2D eigenvalue weighted by molar-refractivity contribution is 7.26. The largest absolute Gasteiger partial charge is 0.327 e. The van der Waals surface area contributed by atoms with Crippen molar-refractivity contribution >= 4 is 59.7 Å². The third-order valence-corrected chi connectivity index (χ3v) is 10.9. The third kappa shape index (κ3) is 4.18. The number of fused-ring (bicyclic) bond motifs is 7. The van der Waals surface area contributed by atoms with Gasteiger partial charge in [-0.3, -0.25) is 4.90 Å². The lowest BCUT2D eigenvalue weighted by molar-refractivity contribution is 0.402. The lowest BCUT2D eigenvalue weighted by Crippen LogP contribution is -2.31. The van der Waals surface area contributed by atoms with E-state index < -0.39 is 6.17 Å². The summed E-state index contributed by atoms with van der Waals surface area (Å²) in [6.07, 6.45) is 0.528. The van der Waals surface area contributed by atoms with Gasteiger partial charge in [0.15, 0.2) is 6.17 Å². The fourth-order valence-electron chi connectivity index (χ4n) is 7.32. The summed E-state index contributed by atoms with van der Waals surface area (Å²) in [5.74, 6) is 1.70. The van der Waals surface area contributed by atoms with Gasteiger partial charge in [0.05, 0.1) is 21.4 Å². The predicted molar refractivity (Wildman–Crippen MR) is 193 cm³/mol. The molecule has 0 bridgehead atoms. The molecule has 0 saturated heterocycles. The summed E-state index contributed by atoms with van der Waals surface area (Å²) in [6, 6.07) is 40.9. The lowest BCUT2D eigenvalue weighted by atomic mass is 9.74. The number of pyridine rings is 1. The normalized spacial score (nSPS) is 14.4. The Kier molecular flexibility index (Phi) is 6.15. The number of imidazole rings is 1. The van der Waals surface area contributed by atoms with Crippen LogP contribution in [0, 0.1) is 0 Å². The molecule has 1 unspecified atom stereocenters. The van der Waals surface area contributed by atoms with Crippen molar-refractivity contribution in [2.45, 2.75) is 25.4 Å². The first-order valence-corrected chi connectivity index (χ1v) is 16.7. The molecular weight excluding hydrogens is 600 g/mol. The highest BCUT2D eigenvalue weighted by atomic mass is 32.1. The van der Waals surface area contributed by atoms with Gasteiger partial charge in [-0.25, -0.2) is 14.4 Å². The van der Waals surface area contributed by atoms with Crippen LogP contribution in [0.15, 0.2) is 128 Å². The second-order valence-electron chi connectivity index (χ2n) is 12.8. The molecule has 0 radical (unpaired) electrons. The molecule has 0 amide bonds. The van der Waals surface area contributed by atoms with E-state index in [1.165, 1.54) is 25.7 Å². The number of alkyl halides is 1. The van der Waals surface area contributed by atoms with Gasteiger partial charge >= 0.3 is 0 Å². The van der Waals surface area contributed by atoms with E-state index in [0.29, 0.717) is 11.1 Å². The molecular formula is C41H31FN4S. The summed E-state index contributed by atoms with van der Waals surface area (Å²) >= 11 is 1.81. The fourth-order valence-corrected chi connectivity index (χ4v) is 8.56. The van der Waals surface area contributed by atoms with Gasteiger partial charge in [0, 0.05) is 50.9 Å². The molecule has 3 aromatic heterocycles. The maximum atomic E-state index is 16.7. The van der Waals surface area contributed by atoms with Crippen molar-refractivity contribution in [1.82, 2.24) is 14.5 Å². The molecule has 0 saturated carbocycles. The van der Waals surface area contributed by atoms with Gasteiger partial charge in [-0.2, -0.15) is 0 Å². The van der Waals surface area contributed by atoms with Crippen LogP contribution in [0.2, 0.25) is 0 Å². The summed E-state index contributed by atoms with van der Waals surface area (Å²) in [4.78, 5) is 12.1.